The number of rotatable bonds is 3. The van der Waals surface area contributed by atoms with E-state index < -0.39 is 0 Å². The second-order valence-electron chi connectivity index (χ2n) is 2.98. The molecular weight excluding hydrogens is 208 g/mol. The number of nitrogens with one attached hydrogen (secondary N) is 1. The molecule has 0 bridgehead atoms. The lowest BCUT2D eigenvalue weighted by atomic mass is 10.2. The Labute approximate surface area is 88.9 Å². The van der Waals surface area contributed by atoms with Gasteiger partial charge in [0, 0.05) is 19.0 Å². The summed E-state index contributed by atoms with van der Waals surface area (Å²) in [6.45, 7) is 5.49. The van der Waals surface area contributed by atoms with Gasteiger partial charge in [-0.3, -0.25) is 5.10 Å². The van der Waals surface area contributed by atoms with Crippen LogP contribution in [0, 0.1) is 4.77 Å². The first-order chi connectivity index (χ1) is 5.66. The molecule has 0 saturated heterocycles. The van der Waals surface area contributed by atoms with E-state index in [0.29, 0.717) is 17.2 Å². The maximum absolute atomic E-state index is 5.45. The molecule has 0 aliphatic rings. The number of halogens is 1. The number of hydrogen-bond donors (Lipinski definition) is 2. The molecule has 0 spiro atoms. The quantitative estimate of drug-likeness (QED) is 0.761. The number of aromatic nitrogens is 3. The Balaban J connectivity index is 0.00000144. The molecule has 13 heavy (non-hydrogen) atoms. The number of nitrogens with two attached hydrogens (primary N) is 1. The summed E-state index contributed by atoms with van der Waals surface area (Å²) in [5.41, 5.74) is 5.45. The molecule has 1 aromatic heterocycles. The van der Waals surface area contributed by atoms with Gasteiger partial charge in [0.25, 0.3) is 0 Å². The number of H-pyrrole nitrogens is 1. The van der Waals surface area contributed by atoms with Crippen molar-refractivity contribution in [1.29, 1.82) is 0 Å². The van der Waals surface area contributed by atoms with Gasteiger partial charge in [-0.1, -0.05) is 13.8 Å². The van der Waals surface area contributed by atoms with Gasteiger partial charge in [-0.2, -0.15) is 5.10 Å². The van der Waals surface area contributed by atoms with Gasteiger partial charge in [0.15, 0.2) is 4.77 Å². The third-order valence-electron chi connectivity index (χ3n) is 1.66. The third kappa shape index (κ3) is 2.79. The van der Waals surface area contributed by atoms with Crippen LogP contribution in [0.25, 0.3) is 0 Å². The van der Waals surface area contributed by atoms with Crippen molar-refractivity contribution in [3.05, 3.63) is 10.6 Å². The molecule has 0 unspecified atom stereocenters. The van der Waals surface area contributed by atoms with Crippen molar-refractivity contribution in [3.63, 3.8) is 0 Å². The summed E-state index contributed by atoms with van der Waals surface area (Å²) in [7, 11) is 0. The van der Waals surface area contributed by atoms with E-state index in [-0.39, 0.29) is 12.4 Å². The van der Waals surface area contributed by atoms with E-state index in [0.717, 1.165) is 12.4 Å². The molecule has 6 heteroatoms. The fourth-order valence-electron chi connectivity index (χ4n) is 1.12. The maximum Gasteiger partial charge on any atom is 0.195 e. The molecule has 0 atom stereocenters. The van der Waals surface area contributed by atoms with Crippen LogP contribution in [-0.2, 0) is 6.54 Å². The van der Waals surface area contributed by atoms with E-state index in [4.69, 9.17) is 18.0 Å². The predicted molar refractivity (Wildman–Crippen MR) is 57.8 cm³/mol. The van der Waals surface area contributed by atoms with Crippen LogP contribution in [0.4, 0.5) is 0 Å². The molecule has 0 radical (unpaired) electrons. The second-order valence-corrected chi connectivity index (χ2v) is 3.37. The number of hydrogen-bond acceptors (Lipinski definition) is 3. The van der Waals surface area contributed by atoms with Crippen molar-refractivity contribution in [1.82, 2.24) is 14.8 Å². The zero-order valence-corrected chi connectivity index (χ0v) is 9.41. The highest BCUT2D eigenvalue weighted by molar-refractivity contribution is 7.71. The van der Waals surface area contributed by atoms with Crippen molar-refractivity contribution < 1.29 is 0 Å². The van der Waals surface area contributed by atoms with Gasteiger partial charge in [0.1, 0.15) is 5.82 Å². The average Bonchev–Trinajstić information content (AvgIpc) is 2.34. The largest absolute Gasteiger partial charge is 0.329 e. The van der Waals surface area contributed by atoms with Crippen LogP contribution < -0.4 is 5.73 Å². The molecule has 0 fully saturated rings. The summed E-state index contributed by atoms with van der Waals surface area (Å²) in [6, 6.07) is 0. The number of nitrogens with zero attached hydrogens (tertiary/aromatic N) is 2. The minimum absolute atomic E-state index is 0. The molecule has 1 heterocycles. The van der Waals surface area contributed by atoms with Crippen LogP contribution in [0.2, 0.25) is 0 Å². The first-order valence-electron chi connectivity index (χ1n) is 4.02. The summed E-state index contributed by atoms with van der Waals surface area (Å²) >= 11 is 5.05. The molecule has 0 aliphatic carbocycles. The van der Waals surface area contributed by atoms with Crippen molar-refractivity contribution in [2.45, 2.75) is 26.3 Å². The van der Waals surface area contributed by atoms with Gasteiger partial charge in [-0.15, -0.1) is 12.4 Å². The SMILES string of the molecule is CC(C)c1n[nH]c(=S)n1CCN.Cl. The lowest BCUT2D eigenvalue weighted by Gasteiger charge is -2.06. The van der Waals surface area contributed by atoms with Gasteiger partial charge < -0.3 is 10.3 Å². The van der Waals surface area contributed by atoms with Gasteiger partial charge in [-0.05, 0) is 12.2 Å². The molecule has 0 aromatic carbocycles. The van der Waals surface area contributed by atoms with Crippen LogP contribution in [0.1, 0.15) is 25.6 Å². The molecule has 4 nitrogen and oxygen atoms in total. The normalized spacial score (nSPS) is 10.2. The molecule has 3 N–H and O–H groups in total. The zero-order valence-electron chi connectivity index (χ0n) is 7.78. The maximum atomic E-state index is 5.45. The Hall–Kier alpha value is -0.390. The minimum atomic E-state index is 0. The van der Waals surface area contributed by atoms with E-state index >= 15 is 0 Å². The number of aromatic amines is 1. The molecule has 0 aliphatic heterocycles. The Morgan fingerprint density at radius 1 is 1.62 bits per heavy atom. The van der Waals surface area contributed by atoms with Crippen molar-refractivity contribution in [2.24, 2.45) is 5.73 Å². The fourth-order valence-corrected chi connectivity index (χ4v) is 1.35. The van der Waals surface area contributed by atoms with E-state index in [1.165, 1.54) is 0 Å². The van der Waals surface area contributed by atoms with E-state index in [9.17, 15) is 0 Å². The fraction of sp³-hybridized carbons (Fsp3) is 0.714. The first-order valence-corrected chi connectivity index (χ1v) is 4.42. The van der Waals surface area contributed by atoms with Gasteiger partial charge in [0.05, 0.1) is 0 Å². The zero-order chi connectivity index (χ0) is 9.14. The van der Waals surface area contributed by atoms with Gasteiger partial charge in [0.2, 0.25) is 0 Å². The predicted octanol–water partition coefficient (Wildman–Crippen LogP) is 1.44. The molecule has 1 rings (SSSR count). The van der Waals surface area contributed by atoms with Crippen LogP contribution in [-0.4, -0.2) is 21.3 Å². The average molecular weight is 223 g/mol. The highest BCUT2D eigenvalue weighted by Gasteiger charge is 2.08. The Morgan fingerprint density at radius 2 is 2.23 bits per heavy atom. The lowest BCUT2D eigenvalue weighted by Crippen LogP contribution is -2.13. The van der Waals surface area contributed by atoms with Crippen molar-refractivity contribution >= 4 is 24.6 Å². The highest BCUT2D eigenvalue weighted by atomic mass is 35.5. The van der Waals surface area contributed by atoms with Crippen LogP contribution in [0.15, 0.2) is 0 Å². The Bertz CT molecular complexity index is 304. The monoisotopic (exact) mass is 222 g/mol. The standard InChI is InChI=1S/C7H14N4S.ClH/c1-5(2)6-9-10-7(12)11(6)4-3-8;/h5H,3-4,8H2,1-2H3,(H,10,12);1H. The molecule has 0 saturated carbocycles. The van der Waals surface area contributed by atoms with E-state index in [1.807, 2.05) is 4.57 Å². The molecule has 76 valence electrons. The summed E-state index contributed by atoms with van der Waals surface area (Å²) in [5.74, 6) is 1.36. The van der Waals surface area contributed by atoms with Crippen molar-refractivity contribution in [3.8, 4) is 0 Å². The Kier molecular flexibility index (Phi) is 5.20. The van der Waals surface area contributed by atoms with E-state index in [2.05, 4.69) is 24.0 Å². The topological polar surface area (TPSA) is 59.6 Å². The van der Waals surface area contributed by atoms with E-state index in [1.54, 1.807) is 0 Å². The molecule has 0 amide bonds. The second kappa shape index (κ2) is 5.36. The first kappa shape index (κ1) is 12.6. The summed E-state index contributed by atoms with van der Waals surface area (Å²) in [4.78, 5) is 0. The van der Waals surface area contributed by atoms with Crippen LogP contribution in [0.3, 0.4) is 0 Å². The smallest absolute Gasteiger partial charge is 0.195 e. The Morgan fingerprint density at radius 3 is 2.69 bits per heavy atom. The molecule has 1 aromatic rings. The highest BCUT2D eigenvalue weighted by Crippen LogP contribution is 2.10. The molecular formula is C7H15ClN4S. The summed E-state index contributed by atoms with van der Waals surface area (Å²) < 4.78 is 2.60. The minimum Gasteiger partial charge on any atom is -0.329 e. The van der Waals surface area contributed by atoms with Gasteiger partial charge >= 0.3 is 0 Å². The van der Waals surface area contributed by atoms with Crippen LogP contribution >= 0.6 is 24.6 Å². The van der Waals surface area contributed by atoms with Crippen LogP contribution in [0.5, 0.6) is 0 Å². The summed E-state index contributed by atoms with van der Waals surface area (Å²) in [5, 5.41) is 6.89. The summed E-state index contributed by atoms with van der Waals surface area (Å²) in [6.07, 6.45) is 0. The lowest BCUT2D eigenvalue weighted by molar-refractivity contribution is 0.622. The van der Waals surface area contributed by atoms with Crippen molar-refractivity contribution in [2.75, 3.05) is 6.54 Å². The third-order valence-corrected chi connectivity index (χ3v) is 1.97. The van der Waals surface area contributed by atoms with Gasteiger partial charge in [-0.25, -0.2) is 0 Å².